The third kappa shape index (κ3) is 4.63. The van der Waals surface area contributed by atoms with Gasteiger partial charge in [0.05, 0.1) is 22.3 Å². The average Bonchev–Trinajstić information content (AvgIpc) is 2.74. The van der Waals surface area contributed by atoms with Crippen LogP contribution in [0.25, 0.3) is 11.1 Å². The van der Waals surface area contributed by atoms with Crippen molar-refractivity contribution in [3.8, 4) is 11.1 Å². The standard InChI is InChI=1S/C20H22N2O6S/c1-2-28-20(23)17-11-13-21(14-12-17)29(26,27)19-9-5-16(6-10-19)15-3-7-18(8-4-15)22(24)25/h3-10,17H,2,11-14H2,1H3. The lowest BCUT2D eigenvalue weighted by Gasteiger charge is -2.30. The number of hydrogen-bond acceptors (Lipinski definition) is 6. The van der Waals surface area contributed by atoms with Gasteiger partial charge in [-0.1, -0.05) is 12.1 Å². The summed E-state index contributed by atoms with van der Waals surface area (Å²) < 4.78 is 32.2. The second-order valence-electron chi connectivity index (χ2n) is 6.76. The molecule has 1 aliphatic rings. The quantitative estimate of drug-likeness (QED) is 0.405. The molecule has 29 heavy (non-hydrogen) atoms. The Morgan fingerprint density at radius 3 is 2.07 bits per heavy atom. The zero-order chi connectivity index (χ0) is 21.0. The fourth-order valence-corrected chi connectivity index (χ4v) is 4.81. The number of carbonyl (C=O) groups is 1. The van der Waals surface area contributed by atoms with E-state index >= 15 is 0 Å². The molecule has 1 saturated heterocycles. The molecule has 154 valence electrons. The summed E-state index contributed by atoms with van der Waals surface area (Å²) in [5.74, 6) is -0.525. The van der Waals surface area contributed by atoms with E-state index in [1.54, 1.807) is 31.2 Å². The molecular weight excluding hydrogens is 396 g/mol. The Kier molecular flexibility index (Phi) is 6.29. The molecule has 0 radical (unpaired) electrons. The number of rotatable bonds is 6. The summed E-state index contributed by atoms with van der Waals surface area (Å²) in [4.78, 5) is 22.3. The van der Waals surface area contributed by atoms with Gasteiger partial charge in [-0.25, -0.2) is 8.42 Å². The van der Waals surface area contributed by atoms with Gasteiger partial charge in [0.25, 0.3) is 5.69 Å². The first-order chi connectivity index (χ1) is 13.8. The van der Waals surface area contributed by atoms with Crippen LogP contribution in [0.15, 0.2) is 53.4 Å². The minimum atomic E-state index is -3.65. The van der Waals surface area contributed by atoms with Gasteiger partial charge in [-0.3, -0.25) is 14.9 Å². The number of carbonyl (C=O) groups excluding carboxylic acids is 1. The Balaban J connectivity index is 1.70. The second kappa shape index (κ2) is 8.71. The number of ether oxygens (including phenoxy) is 1. The molecule has 0 bridgehead atoms. The van der Waals surface area contributed by atoms with E-state index in [1.807, 2.05) is 0 Å². The largest absolute Gasteiger partial charge is 0.466 e. The summed E-state index contributed by atoms with van der Waals surface area (Å²) in [6.07, 6.45) is 0.887. The van der Waals surface area contributed by atoms with Crippen molar-refractivity contribution in [3.63, 3.8) is 0 Å². The van der Waals surface area contributed by atoms with Crippen molar-refractivity contribution in [2.45, 2.75) is 24.7 Å². The van der Waals surface area contributed by atoms with Crippen molar-refractivity contribution in [1.29, 1.82) is 0 Å². The number of nitro groups is 1. The number of nitrogens with zero attached hydrogens (tertiary/aromatic N) is 2. The molecule has 1 fully saturated rings. The molecule has 1 aliphatic heterocycles. The molecule has 0 aliphatic carbocycles. The summed E-state index contributed by atoms with van der Waals surface area (Å²) in [7, 11) is -3.65. The smallest absolute Gasteiger partial charge is 0.309 e. The number of hydrogen-bond donors (Lipinski definition) is 0. The number of benzene rings is 2. The predicted molar refractivity (Wildman–Crippen MR) is 107 cm³/mol. The van der Waals surface area contributed by atoms with Gasteiger partial charge >= 0.3 is 5.97 Å². The maximum absolute atomic E-state index is 12.9. The molecule has 1 heterocycles. The summed E-state index contributed by atoms with van der Waals surface area (Å²) in [5, 5.41) is 10.8. The third-order valence-electron chi connectivity index (χ3n) is 4.98. The fraction of sp³-hybridized carbons (Fsp3) is 0.350. The highest BCUT2D eigenvalue weighted by Gasteiger charge is 2.32. The average molecular weight is 418 g/mol. The van der Waals surface area contributed by atoms with Gasteiger partial charge in [0.2, 0.25) is 10.0 Å². The molecule has 9 heteroatoms. The fourth-order valence-electron chi connectivity index (χ4n) is 3.34. The van der Waals surface area contributed by atoms with E-state index in [-0.39, 0.29) is 35.6 Å². The van der Waals surface area contributed by atoms with Crippen LogP contribution in [0.4, 0.5) is 5.69 Å². The van der Waals surface area contributed by atoms with Gasteiger partial charge in [-0.15, -0.1) is 0 Å². The van der Waals surface area contributed by atoms with E-state index in [1.165, 1.54) is 28.6 Å². The first kappa shape index (κ1) is 20.9. The highest BCUT2D eigenvalue weighted by molar-refractivity contribution is 7.89. The molecule has 0 atom stereocenters. The van der Waals surface area contributed by atoms with Crippen molar-refractivity contribution in [2.24, 2.45) is 5.92 Å². The highest BCUT2D eigenvalue weighted by atomic mass is 32.2. The van der Waals surface area contributed by atoms with Gasteiger partial charge in [0.15, 0.2) is 0 Å². The summed E-state index contributed by atoms with van der Waals surface area (Å²) in [5.41, 5.74) is 1.52. The van der Waals surface area contributed by atoms with Gasteiger partial charge < -0.3 is 4.74 Å². The number of nitro benzene ring substituents is 1. The predicted octanol–water partition coefficient (Wildman–Crippen LogP) is 3.23. The van der Waals surface area contributed by atoms with Crippen LogP contribution < -0.4 is 0 Å². The Hall–Kier alpha value is -2.78. The summed E-state index contributed by atoms with van der Waals surface area (Å²) >= 11 is 0. The molecule has 2 aromatic carbocycles. The van der Waals surface area contributed by atoms with Crippen molar-refractivity contribution in [3.05, 3.63) is 58.6 Å². The van der Waals surface area contributed by atoms with E-state index in [9.17, 15) is 23.3 Å². The molecular formula is C20H22N2O6S. The van der Waals surface area contributed by atoms with Crippen LogP contribution in [0.2, 0.25) is 0 Å². The van der Waals surface area contributed by atoms with E-state index in [0.717, 1.165) is 11.1 Å². The lowest BCUT2D eigenvalue weighted by atomic mass is 9.98. The Labute approximate surface area is 169 Å². The molecule has 0 amide bonds. The van der Waals surface area contributed by atoms with Crippen molar-refractivity contribution < 1.29 is 22.9 Å². The van der Waals surface area contributed by atoms with Gasteiger partial charge in [-0.2, -0.15) is 4.31 Å². The maximum Gasteiger partial charge on any atom is 0.309 e. The van der Waals surface area contributed by atoms with Crippen molar-refractivity contribution in [1.82, 2.24) is 4.31 Å². The summed E-state index contributed by atoms with van der Waals surface area (Å²) in [6, 6.07) is 12.5. The molecule has 8 nitrogen and oxygen atoms in total. The number of non-ortho nitro benzene ring substituents is 1. The first-order valence-electron chi connectivity index (χ1n) is 9.34. The lowest BCUT2D eigenvalue weighted by Crippen LogP contribution is -2.40. The number of piperidine rings is 1. The normalized spacial score (nSPS) is 15.8. The van der Waals surface area contributed by atoms with E-state index < -0.39 is 14.9 Å². The van der Waals surface area contributed by atoms with Crippen molar-refractivity contribution in [2.75, 3.05) is 19.7 Å². The van der Waals surface area contributed by atoms with Gasteiger partial charge in [0.1, 0.15) is 0 Å². The molecule has 0 saturated carbocycles. The molecule has 2 aromatic rings. The van der Waals surface area contributed by atoms with Gasteiger partial charge in [0, 0.05) is 25.2 Å². The molecule has 0 N–H and O–H groups in total. The summed E-state index contributed by atoms with van der Waals surface area (Å²) in [6.45, 7) is 2.61. The van der Waals surface area contributed by atoms with Crippen molar-refractivity contribution >= 4 is 21.7 Å². The van der Waals surface area contributed by atoms with Crippen LogP contribution in [0.3, 0.4) is 0 Å². The maximum atomic E-state index is 12.9. The lowest BCUT2D eigenvalue weighted by molar-refractivity contribution is -0.384. The molecule has 0 spiro atoms. The van der Waals surface area contributed by atoms with Crippen LogP contribution in [0.5, 0.6) is 0 Å². The third-order valence-corrected chi connectivity index (χ3v) is 6.89. The van der Waals surface area contributed by atoms with Crippen LogP contribution in [0, 0.1) is 16.0 Å². The van der Waals surface area contributed by atoms with Crippen LogP contribution in [0.1, 0.15) is 19.8 Å². The highest BCUT2D eigenvalue weighted by Crippen LogP contribution is 2.27. The van der Waals surface area contributed by atoms with Crippen LogP contribution in [-0.4, -0.2) is 43.3 Å². The molecule has 0 aromatic heterocycles. The van der Waals surface area contributed by atoms with Crippen LogP contribution in [-0.2, 0) is 19.6 Å². The van der Waals surface area contributed by atoms with E-state index in [2.05, 4.69) is 0 Å². The molecule has 3 rings (SSSR count). The molecule has 0 unspecified atom stereocenters. The minimum absolute atomic E-state index is 0.000769. The topological polar surface area (TPSA) is 107 Å². The minimum Gasteiger partial charge on any atom is -0.466 e. The van der Waals surface area contributed by atoms with E-state index in [0.29, 0.717) is 19.4 Å². The monoisotopic (exact) mass is 418 g/mol. The van der Waals surface area contributed by atoms with E-state index in [4.69, 9.17) is 4.74 Å². The SMILES string of the molecule is CCOC(=O)C1CCN(S(=O)(=O)c2ccc(-c3ccc([N+](=O)[O-])cc3)cc2)CC1. The Morgan fingerprint density at radius 1 is 1.07 bits per heavy atom. The van der Waals surface area contributed by atoms with Gasteiger partial charge in [-0.05, 0) is 55.2 Å². The Bertz CT molecular complexity index is 979. The zero-order valence-corrected chi connectivity index (χ0v) is 16.8. The number of esters is 1. The number of sulfonamides is 1. The zero-order valence-electron chi connectivity index (χ0n) is 16.0. The Morgan fingerprint density at radius 2 is 1.59 bits per heavy atom. The van der Waals surface area contributed by atoms with Crippen LogP contribution >= 0.6 is 0 Å². The first-order valence-corrected chi connectivity index (χ1v) is 10.8. The second-order valence-corrected chi connectivity index (χ2v) is 8.70.